The van der Waals surface area contributed by atoms with E-state index < -0.39 is 15.6 Å². The molecule has 1 aromatic heterocycles. The van der Waals surface area contributed by atoms with Gasteiger partial charge in [-0.25, -0.2) is 13.1 Å². The third kappa shape index (κ3) is 7.23. The Kier molecular flexibility index (Phi) is 10.6. The molecule has 0 fully saturated rings. The monoisotopic (exact) mass is 501 g/mol. The summed E-state index contributed by atoms with van der Waals surface area (Å²) >= 11 is 0. The molecule has 2 N–H and O–H groups in total. The SMILES string of the molecule is CCCCC(CC)CNS(=O)(=O)c1ccc(/N=N/c2c(C)c(C#N)c(=O)n(CCCC)c2O)cc1. The number of nitrogens with zero attached hydrogens (tertiary/aromatic N) is 4. The quantitative estimate of drug-likeness (QED) is 0.352. The van der Waals surface area contributed by atoms with Gasteiger partial charge in [0, 0.05) is 18.7 Å². The molecule has 0 bridgehead atoms. The number of rotatable bonds is 13. The number of aromatic nitrogens is 1. The van der Waals surface area contributed by atoms with E-state index in [-0.39, 0.29) is 34.1 Å². The van der Waals surface area contributed by atoms with Crippen LogP contribution in [-0.2, 0) is 16.6 Å². The summed E-state index contributed by atoms with van der Waals surface area (Å²) in [7, 11) is -3.65. The third-order valence-electron chi connectivity index (χ3n) is 6.02. The first-order chi connectivity index (χ1) is 16.7. The number of unbranched alkanes of at least 4 members (excludes halogenated alkanes) is 2. The molecule has 35 heavy (non-hydrogen) atoms. The Morgan fingerprint density at radius 1 is 1.11 bits per heavy atom. The highest BCUT2D eigenvalue weighted by molar-refractivity contribution is 7.89. The van der Waals surface area contributed by atoms with E-state index in [0.717, 1.165) is 36.7 Å². The number of nitriles is 1. The lowest BCUT2D eigenvalue weighted by atomic mass is 10.00. The maximum Gasteiger partial charge on any atom is 0.271 e. The molecule has 9 nitrogen and oxygen atoms in total. The summed E-state index contributed by atoms with van der Waals surface area (Å²) in [6.07, 6.45) is 5.50. The van der Waals surface area contributed by atoms with Crippen LogP contribution in [-0.4, -0.2) is 24.6 Å². The maximum atomic E-state index is 12.7. The van der Waals surface area contributed by atoms with Crippen molar-refractivity contribution in [1.82, 2.24) is 9.29 Å². The van der Waals surface area contributed by atoms with Gasteiger partial charge in [-0.3, -0.25) is 9.36 Å². The minimum atomic E-state index is -3.65. The topological polar surface area (TPSA) is 137 Å². The Morgan fingerprint density at radius 2 is 1.77 bits per heavy atom. The summed E-state index contributed by atoms with van der Waals surface area (Å²) in [5, 5.41) is 28.2. The fraction of sp³-hybridized carbons (Fsp3) is 0.520. The molecule has 1 aromatic carbocycles. The molecule has 0 saturated heterocycles. The van der Waals surface area contributed by atoms with Crippen molar-refractivity contribution in [2.24, 2.45) is 16.1 Å². The molecule has 190 valence electrons. The molecule has 2 rings (SSSR count). The van der Waals surface area contributed by atoms with E-state index in [4.69, 9.17) is 0 Å². The number of hydrogen-bond acceptors (Lipinski definition) is 7. The van der Waals surface area contributed by atoms with Gasteiger partial charge in [0.25, 0.3) is 5.56 Å². The van der Waals surface area contributed by atoms with Crippen LogP contribution in [0.4, 0.5) is 11.4 Å². The van der Waals surface area contributed by atoms with Crippen LogP contribution in [0.5, 0.6) is 5.88 Å². The van der Waals surface area contributed by atoms with Crippen LogP contribution in [0, 0.1) is 24.2 Å². The molecule has 0 saturated carbocycles. The molecule has 1 heterocycles. The first-order valence-corrected chi connectivity index (χ1v) is 13.6. The normalized spacial score (nSPS) is 12.7. The lowest BCUT2D eigenvalue weighted by molar-refractivity contribution is 0.402. The molecule has 0 aliphatic heterocycles. The third-order valence-corrected chi connectivity index (χ3v) is 7.46. The van der Waals surface area contributed by atoms with Crippen LogP contribution >= 0.6 is 0 Å². The van der Waals surface area contributed by atoms with Gasteiger partial charge in [-0.15, -0.1) is 5.11 Å². The van der Waals surface area contributed by atoms with Gasteiger partial charge >= 0.3 is 0 Å². The predicted molar refractivity (Wildman–Crippen MR) is 136 cm³/mol. The van der Waals surface area contributed by atoms with Crippen molar-refractivity contribution in [3.63, 3.8) is 0 Å². The van der Waals surface area contributed by atoms with E-state index in [1.54, 1.807) is 0 Å². The van der Waals surface area contributed by atoms with E-state index in [1.807, 2.05) is 13.0 Å². The van der Waals surface area contributed by atoms with Gasteiger partial charge in [0.1, 0.15) is 11.6 Å². The van der Waals surface area contributed by atoms with Gasteiger partial charge in [0.15, 0.2) is 5.69 Å². The lowest BCUT2D eigenvalue weighted by Crippen LogP contribution is -2.29. The minimum absolute atomic E-state index is 0.0355. The van der Waals surface area contributed by atoms with Crippen LogP contribution in [0.3, 0.4) is 0 Å². The molecule has 10 heteroatoms. The summed E-state index contributed by atoms with van der Waals surface area (Å²) in [5.74, 6) is -0.0479. The van der Waals surface area contributed by atoms with Gasteiger partial charge in [0.2, 0.25) is 15.9 Å². The average Bonchev–Trinajstić information content (AvgIpc) is 2.84. The van der Waals surface area contributed by atoms with Gasteiger partial charge < -0.3 is 5.11 Å². The van der Waals surface area contributed by atoms with Crippen LogP contribution < -0.4 is 10.3 Å². The van der Waals surface area contributed by atoms with Gasteiger partial charge in [-0.2, -0.15) is 10.4 Å². The second kappa shape index (κ2) is 13.2. The standard InChI is InChI=1S/C25H35N5O4S/c1-5-8-10-19(7-3)17-27-35(33,34)21-13-11-20(12-14-21)28-29-23-18(4)22(16-26)24(31)30(25(23)32)15-9-6-2/h11-14,19,27,32H,5-10,15,17H2,1-4H3/b29-28+. The highest BCUT2D eigenvalue weighted by Gasteiger charge is 2.19. The van der Waals surface area contributed by atoms with Gasteiger partial charge in [-0.1, -0.05) is 46.5 Å². The zero-order valence-electron chi connectivity index (χ0n) is 20.9. The molecule has 1 atom stereocenters. The van der Waals surface area contributed by atoms with E-state index in [0.29, 0.717) is 24.6 Å². The zero-order valence-corrected chi connectivity index (χ0v) is 21.7. The highest BCUT2D eigenvalue weighted by Crippen LogP contribution is 2.32. The minimum Gasteiger partial charge on any atom is -0.493 e. The van der Waals surface area contributed by atoms with Crippen molar-refractivity contribution in [3.05, 3.63) is 45.7 Å². The van der Waals surface area contributed by atoms with Crippen molar-refractivity contribution in [2.75, 3.05) is 6.54 Å². The number of azo groups is 1. The fourth-order valence-corrected chi connectivity index (χ4v) is 4.75. The first kappa shape index (κ1) is 28.2. The van der Waals surface area contributed by atoms with E-state index in [1.165, 1.54) is 31.2 Å². The van der Waals surface area contributed by atoms with Crippen molar-refractivity contribution >= 4 is 21.4 Å². The fourth-order valence-electron chi connectivity index (χ4n) is 3.63. The predicted octanol–water partition coefficient (Wildman–Crippen LogP) is 5.44. The van der Waals surface area contributed by atoms with Crippen molar-refractivity contribution in [1.29, 1.82) is 5.26 Å². The van der Waals surface area contributed by atoms with Gasteiger partial charge in [0.05, 0.1) is 10.6 Å². The molecule has 0 amide bonds. The Labute approximate surface area is 207 Å². The summed E-state index contributed by atoms with van der Waals surface area (Å²) in [6.45, 7) is 8.32. The summed E-state index contributed by atoms with van der Waals surface area (Å²) in [4.78, 5) is 12.6. The molecule has 0 aliphatic carbocycles. The number of benzene rings is 1. The summed E-state index contributed by atoms with van der Waals surface area (Å²) in [6, 6.07) is 7.80. The summed E-state index contributed by atoms with van der Waals surface area (Å²) in [5.41, 5.74) is -0.0136. The van der Waals surface area contributed by atoms with Crippen molar-refractivity contribution in [2.45, 2.75) is 77.7 Å². The van der Waals surface area contributed by atoms with Crippen molar-refractivity contribution < 1.29 is 13.5 Å². The van der Waals surface area contributed by atoms with Crippen LogP contribution in [0.2, 0.25) is 0 Å². The van der Waals surface area contributed by atoms with Crippen LogP contribution in [0.1, 0.15) is 70.4 Å². The van der Waals surface area contributed by atoms with Gasteiger partial charge in [-0.05, 0) is 49.9 Å². The smallest absolute Gasteiger partial charge is 0.271 e. The molecular formula is C25H35N5O4S. The Bertz CT molecular complexity index is 1230. The second-order valence-electron chi connectivity index (χ2n) is 8.56. The largest absolute Gasteiger partial charge is 0.493 e. The molecule has 1 unspecified atom stereocenters. The number of nitrogens with one attached hydrogen (secondary N) is 1. The molecule has 0 radical (unpaired) electrons. The Morgan fingerprint density at radius 3 is 2.34 bits per heavy atom. The number of sulfonamides is 1. The molecule has 0 aliphatic rings. The van der Waals surface area contributed by atoms with E-state index in [9.17, 15) is 23.6 Å². The molecule has 2 aromatic rings. The first-order valence-electron chi connectivity index (χ1n) is 12.1. The van der Waals surface area contributed by atoms with E-state index in [2.05, 4.69) is 28.8 Å². The highest BCUT2D eigenvalue weighted by atomic mass is 32.2. The Balaban J connectivity index is 2.25. The number of pyridine rings is 1. The van der Waals surface area contributed by atoms with Crippen LogP contribution in [0.15, 0.2) is 44.2 Å². The summed E-state index contributed by atoms with van der Waals surface area (Å²) < 4.78 is 29.2. The van der Waals surface area contributed by atoms with Crippen molar-refractivity contribution in [3.8, 4) is 11.9 Å². The number of hydrogen-bond donors (Lipinski definition) is 2. The molecule has 0 spiro atoms. The zero-order chi connectivity index (χ0) is 26.0. The second-order valence-corrected chi connectivity index (χ2v) is 10.3. The average molecular weight is 502 g/mol. The molecular weight excluding hydrogens is 466 g/mol. The Hall–Kier alpha value is -3.03. The number of aromatic hydroxyl groups is 1. The lowest BCUT2D eigenvalue weighted by Gasteiger charge is -2.15. The van der Waals surface area contributed by atoms with E-state index >= 15 is 0 Å². The maximum absolute atomic E-state index is 12.7. The van der Waals surface area contributed by atoms with Crippen LogP contribution in [0.25, 0.3) is 0 Å².